The Morgan fingerprint density at radius 1 is 1.00 bits per heavy atom. The first kappa shape index (κ1) is 24.2. The smallest absolute Gasteiger partial charge is 0.336 e. The van der Waals surface area contributed by atoms with E-state index in [1.165, 1.54) is 11.1 Å². The molecule has 3 aromatic rings. The number of carbonyl (C=O) groups excluding carboxylic acids is 4. The van der Waals surface area contributed by atoms with E-state index in [1.54, 1.807) is 54.3 Å². The lowest BCUT2D eigenvalue weighted by Crippen LogP contribution is -2.56. The van der Waals surface area contributed by atoms with E-state index in [0.717, 1.165) is 0 Å². The topological polar surface area (TPSA) is 152 Å². The Balaban J connectivity index is 1.28. The molecule has 11 nitrogen and oxygen atoms in total. The predicted octanol–water partition coefficient (Wildman–Crippen LogP) is 1.51. The van der Waals surface area contributed by atoms with Gasteiger partial charge < -0.3 is 29.9 Å². The van der Waals surface area contributed by atoms with Crippen molar-refractivity contribution in [3.05, 3.63) is 65.9 Å². The zero-order valence-corrected chi connectivity index (χ0v) is 19.8. The van der Waals surface area contributed by atoms with Gasteiger partial charge in [0.05, 0.1) is 16.8 Å². The fourth-order valence-corrected chi connectivity index (χ4v) is 4.60. The minimum Gasteiger partial charge on any atom is -0.479 e. The van der Waals surface area contributed by atoms with Gasteiger partial charge in [-0.25, -0.2) is 4.79 Å². The molecule has 3 N–H and O–H groups in total. The van der Waals surface area contributed by atoms with Crippen LogP contribution in [-0.2, 0) is 19.1 Å². The maximum atomic E-state index is 13.2. The van der Waals surface area contributed by atoms with Gasteiger partial charge in [0.15, 0.2) is 12.2 Å². The lowest BCUT2D eigenvalue weighted by molar-refractivity contribution is -0.138. The normalized spacial score (nSPS) is 20.9. The fraction of sp³-hybridized carbons (Fsp3) is 0.269. The zero-order valence-electron chi connectivity index (χ0n) is 19.8. The van der Waals surface area contributed by atoms with Crippen LogP contribution < -0.4 is 5.32 Å². The Morgan fingerprint density at radius 2 is 1.76 bits per heavy atom. The molecule has 2 fully saturated rings. The molecule has 2 aromatic carbocycles. The van der Waals surface area contributed by atoms with Crippen molar-refractivity contribution in [2.45, 2.75) is 25.2 Å². The molecule has 0 radical (unpaired) electrons. The molecule has 1 aromatic heterocycles. The summed E-state index contributed by atoms with van der Waals surface area (Å²) in [6.07, 6.45) is -0.851. The quantitative estimate of drug-likeness (QED) is 0.261. The highest BCUT2D eigenvalue weighted by molar-refractivity contribution is 6.45. The number of benzene rings is 2. The summed E-state index contributed by atoms with van der Waals surface area (Å²) in [6.45, 7) is 2.63. The third kappa shape index (κ3) is 4.56. The number of aromatic nitrogens is 1. The number of carbonyl (C=O) groups is 5. The lowest BCUT2D eigenvalue weighted by atomic mass is 10.1. The van der Waals surface area contributed by atoms with E-state index < -0.39 is 35.8 Å². The van der Waals surface area contributed by atoms with Gasteiger partial charge in [-0.05, 0) is 25.1 Å². The average Bonchev–Trinajstić information content (AvgIpc) is 3.60. The van der Waals surface area contributed by atoms with Crippen molar-refractivity contribution in [2.75, 3.05) is 25.0 Å². The van der Waals surface area contributed by atoms with Crippen molar-refractivity contribution in [3.63, 3.8) is 0 Å². The van der Waals surface area contributed by atoms with Crippen molar-refractivity contribution in [1.82, 2.24) is 14.8 Å². The summed E-state index contributed by atoms with van der Waals surface area (Å²) in [5.74, 6) is -3.34. The molecular weight excluding hydrogens is 480 g/mol. The minimum atomic E-state index is -1.22. The number of hydrogen-bond donors (Lipinski definition) is 3. The molecule has 2 saturated heterocycles. The number of Topliss-reactive ketones (excluding diaryl/α,β-unsaturated/α-hetero) is 1. The Hall–Kier alpha value is -4.51. The number of anilines is 1. The summed E-state index contributed by atoms with van der Waals surface area (Å²) < 4.78 is 4.87. The molecular formula is C26H24N4O7. The number of carboxylic acids is 1. The number of ether oxygens (including phenoxy) is 1. The molecule has 0 spiro atoms. The number of H-pyrrole nitrogens is 1. The van der Waals surface area contributed by atoms with E-state index >= 15 is 0 Å². The van der Waals surface area contributed by atoms with E-state index in [2.05, 4.69) is 10.3 Å². The maximum absolute atomic E-state index is 13.2. The SMILES string of the molecule is C[C@@H]1CN(C(=O)c2ccccc2)CCN1C(=O)C(=O)c1c[nH]c2c(NC(=O)C3OC3C(=O)O)cccc12. The Morgan fingerprint density at radius 3 is 2.43 bits per heavy atom. The molecule has 2 unspecified atom stereocenters. The van der Waals surface area contributed by atoms with Crippen molar-refractivity contribution in [2.24, 2.45) is 0 Å². The van der Waals surface area contributed by atoms with Gasteiger partial charge in [-0.15, -0.1) is 0 Å². The highest BCUT2D eigenvalue weighted by Gasteiger charge is 2.50. The number of aromatic amines is 1. The van der Waals surface area contributed by atoms with Crippen LogP contribution in [0.4, 0.5) is 5.69 Å². The number of ketones is 1. The number of fused-ring (bicyclic) bond motifs is 1. The number of para-hydroxylation sites is 1. The molecule has 190 valence electrons. The van der Waals surface area contributed by atoms with Crippen LogP contribution >= 0.6 is 0 Å². The van der Waals surface area contributed by atoms with Crippen LogP contribution in [0.25, 0.3) is 10.9 Å². The van der Waals surface area contributed by atoms with Gasteiger partial charge in [-0.1, -0.05) is 30.3 Å². The lowest BCUT2D eigenvalue weighted by Gasteiger charge is -2.39. The number of rotatable bonds is 6. The first-order chi connectivity index (χ1) is 17.8. The van der Waals surface area contributed by atoms with Crippen LogP contribution in [-0.4, -0.2) is 87.2 Å². The maximum Gasteiger partial charge on any atom is 0.336 e. The van der Waals surface area contributed by atoms with Gasteiger partial charge in [0.25, 0.3) is 23.5 Å². The number of nitrogens with one attached hydrogen (secondary N) is 2. The van der Waals surface area contributed by atoms with Crippen LogP contribution in [0.3, 0.4) is 0 Å². The molecule has 2 aliphatic heterocycles. The number of piperazine rings is 1. The molecule has 0 saturated carbocycles. The molecule has 3 atom stereocenters. The van der Waals surface area contributed by atoms with Crippen LogP contribution in [0.2, 0.25) is 0 Å². The number of aliphatic carboxylic acids is 1. The zero-order chi connectivity index (χ0) is 26.3. The number of hydrogen-bond acceptors (Lipinski definition) is 6. The predicted molar refractivity (Wildman–Crippen MR) is 131 cm³/mol. The van der Waals surface area contributed by atoms with E-state index in [9.17, 15) is 24.0 Å². The summed E-state index contributed by atoms with van der Waals surface area (Å²) in [6, 6.07) is 13.4. The second-order valence-corrected chi connectivity index (χ2v) is 9.03. The number of carboxylic acid groups (broad SMARTS) is 1. The molecule has 11 heteroatoms. The summed E-state index contributed by atoms with van der Waals surface area (Å²) in [4.78, 5) is 68.5. The molecule has 0 aliphatic carbocycles. The Bertz CT molecular complexity index is 1420. The van der Waals surface area contributed by atoms with Crippen LogP contribution in [0, 0.1) is 0 Å². The second-order valence-electron chi connectivity index (χ2n) is 9.03. The molecule has 0 bridgehead atoms. The van der Waals surface area contributed by atoms with Crippen molar-refractivity contribution in [1.29, 1.82) is 0 Å². The summed E-state index contributed by atoms with van der Waals surface area (Å²) in [5, 5.41) is 12.0. The minimum absolute atomic E-state index is 0.122. The number of nitrogens with zero attached hydrogens (tertiary/aromatic N) is 2. The molecule has 3 heterocycles. The van der Waals surface area contributed by atoms with Gasteiger partial charge in [0.2, 0.25) is 0 Å². The highest BCUT2D eigenvalue weighted by Crippen LogP contribution is 2.29. The van der Waals surface area contributed by atoms with E-state index in [1.807, 2.05) is 6.07 Å². The molecule has 37 heavy (non-hydrogen) atoms. The average molecular weight is 504 g/mol. The highest BCUT2D eigenvalue weighted by atomic mass is 16.6. The third-order valence-electron chi connectivity index (χ3n) is 6.60. The first-order valence-electron chi connectivity index (χ1n) is 11.7. The standard InChI is InChI=1S/C26H24N4O7/c1-14-13-29(24(33)15-6-3-2-4-7-15)10-11-30(14)25(34)20(31)17-12-27-19-16(17)8-5-9-18(19)28-23(32)21-22(37-21)26(35)36/h2-9,12,14,21-22,27H,10-11,13H2,1H3,(H,28,32)(H,35,36)/t14-,21?,22?/m1/s1. The van der Waals surface area contributed by atoms with Crippen molar-refractivity contribution >= 4 is 46.1 Å². The first-order valence-corrected chi connectivity index (χ1v) is 11.7. The molecule has 5 rings (SSSR count). The van der Waals surface area contributed by atoms with E-state index in [-0.39, 0.29) is 24.1 Å². The summed E-state index contributed by atoms with van der Waals surface area (Å²) in [7, 11) is 0. The third-order valence-corrected chi connectivity index (χ3v) is 6.60. The van der Waals surface area contributed by atoms with E-state index in [0.29, 0.717) is 35.2 Å². The van der Waals surface area contributed by atoms with Crippen molar-refractivity contribution < 1.29 is 33.8 Å². The van der Waals surface area contributed by atoms with Gasteiger partial charge >= 0.3 is 5.97 Å². The fourth-order valence-electron chi connectivity index (χ4n) is 4.60. The van der Waals surface area contributed by atoms with Gasteiger partial charge in [0.1, 0.15) is 0 Å². The molecule has 2 aliphatic rings. The largest absolute Gasteiger partial charge is 0.479 e. The summed E-state index contributed by atoms with van der Waals surface area (Å²) in [5.41, 5.74) is 1.47. The molecule has 3 amide bonds. The van der Waals surface area contributed by atoms with Crippen molar-refractivity contribution in [3.8, 4) is 0 Å². The van der Waals surface area contributed by atoms with Crippen LogP contribution in [0.1, 0.15) is 27.6 Å². The van der Waals surface area contributed by atoms with E-state index in [4.69, 9.17) is 9.84 Å². The number of amides is 3. The van der Waals surface area contributed by atoms with Gasteiger partial charge in [0, 0.05) is 42.8 Å². The van der Waals surface area contributed by atoms with Gasteiger partial charge in [-0.2, -0.15) is 0 Å². The summed E-state index contributed by atoms with van der Waals surface area (Å²) >= 11 is 0. The van der Waals surface area contributed by atoms with Crippen LogP contribution in [0.5, 0.6) is 0 Å². The Kier molecular flexibility index (Phi) is 6.22. The number of epoxide rings is 1. The second kappa shape index (κ2) is 9.51. The van der Waals surface area contributed by atoms with Crippen LogP contribution in [0.15, 0.2) is 54.7 Å². The Labute approximate surface area is 211 Å². The van der Waals surface area contributed by atoms with Gasteiger partial charge in [-0.3, -0.25) is 19.2 Å². The monoisotopic (exact) mass is 504 g/mol.